The van der Waals surface area contributed by atoms with E-state index in [-0.39, 0.29) is 18.8 Å². The Labute approximate surface area is 210 Å². The van der Waals surface area contributed by atoms with Gasteiger partial charge in [-0.15, -0.1) is 0 Å². The van der Waals surface area contributed by atoms with E-state index in [1.807, 2.05) is 6.07 Å². The standard InChI is InChI=1S/C28H30ClN3O3/c29-24-6-7-25(30-15-24)19-35-27-9-11-32(28(34)14-27)26-8-5-22-12-20(3-4-23(22)13-26)16-31-10-1-2-21(17-31)18-33/h3-4,6-7,9,11-15,21,33H,1-2,5,8,10,16-19H2/t21-/m0/s1. The molecule has 3 aromatic rings. The molecule has 2 aromatic heterocycles. The number of aliphatic hydroxyl groups is 1. The molecule has 1 aliphatic carbocycles. The lowest BCUT2D eigenvalue weighted by atomic mass is 9.92. The highest BCUT2D eigenvalue weighted by Gasteiger charge is 2.20. The topological polar surface area (TPSA) is 67.6 Å². The van der Waals surface area contributed by atoms with Crippen molar-refractivity contribution in [1.82, 2.24) is 14.5 Å². The number of likely N-dealkylation sites (tertiary alicyclic amines) is 1. The van der Waals surface area contributed by atoms with Crippen LogP contribution >= 0.6 is 11.6 Å². The summed E-state index contributed by atoms with van der Waals surface area (Å²) in [5.41, 5.74) is 5.43. The molecule has 1 fully saturated rings. The molecule has 1 aromatic carbocycles. The summed E-state index contributed by atoms with van der Waals surface area (Å²) in [6.45, 7) is 3.54. The predicted molar refractivity (Wildman–Crippen MR) is 138 cm³/mol. The van der Waals surface area contributed by atoms with E-state index in [1.165, 1.54) is 22.8 Å². The molecule has 0 bridgehead atoms. The fraction of sp³-hybridized carbons (Fsp3) is 0.357. The van der Waals surface area contributed by atoms with Gasteiger partial charge in [0.05, 0.1) is 10.7 Å². The molecule has 5 rings (SSSR count). The lowest BCUT2D eigenvalue weighted by Crippen LogP contribution is -2.36. The molecule has 0 radical (unpaired) electrons. The summed E-state index contributed by atoms with van der Waals surface area (Å²) in [5, 5.41) is 10.1. The largest absolute Gasteiger partial charge is 0.487 e. The molecule has 35 heavy (non-hydrogen) atoms. The maximum atomic E-state index is 12.8. The van der Waals surface area contributed by atoms with E-state index in [0.717, 1.165) is 56.7 Å². The Hall–Kier alpha value is -2.93. The Morgan fingerprint density at radius 1 is 1.14 bits per heavy atom. The number of ether oxygens (including phenoxy) is 1. The second-order valence-corrected chi connectivity index (χ2v) is 9.86. The summed E-state index contributed by atoms with van der Waals surface area (Å²) in [6, 6.07) is 13.6. The molecule has 2 aliphatic rings. The van der Waals surface area contributed by atoms with Crippen LogP contribution in [0.4, 0.5) is 0 Å². The van der Waals surface area contributed by atoms with Crippen molar-refractivity contribution < 1.29 is 9.84 Å². The highest BCUT2D eigenvalue weighted by molar-refractivity contribution is 6.30. The van der Waals surface area contributed by atoms with Crippen LogP contribution in [-0.2, 0) is 19.6 Å². The van der Waals surface area contributed by atoms with Crippen LogP contribution in [0.2, 0.25) is 5.02 Å². The number of hydrogen-bond donors (Lipinski definition) is 1. The minimum Gasteiger partial charge on any atom is -0.487 e. The number of aromatic nitrogens is 2. The summed E-state index contributed by atoms with van der Waals surface area (Å²) < 4.78 is 7.45. The van der Waals surface area contributed by atoms with Crippen LogP contribution in [0.5, 0.6) is 5.75 Å². The van der Waals surface area contributed by atoms with E-state index in [1.54, 1.807) is 29.1 Å². The number of fused-ring (bicyclic) bond motifs is 1. The number of halogens is 1. The summed E-state index contributed by atoms with van der Waals surface area (Å²) in [6.07, 6.45) is 9.46. The Kier molecular flexibility index (Phi) is 7.32. The number of allylic oxidation sites excluding steroid dienone is 1. The number of aliphatic hydroxyl groups excluding tert-OH is 1. The number of nitrogens with zero attached hydrogens (tertiary/aromatic N) is 3. The number of benzene rings is 1. The highest BCUT2D eigenvalue weighted by atomic mass is 35.5. The number of aryl methyl sites for hydroxylation is 1. The van der Waals surface area contributed by atoms with Gasteiger partial charge in [-0.2, -0.15) is 0 Å². The van der Waals surface area contributed by atoms with Crippen LogP contribution in [0.25, 0.3) is 11.8 Å². The van der Waals surface area contributed by atoms with Crippen molar-refractivity contribution in [1.29, 1.82) is 0 Å². The SMILES string of the molecule is O=c1cc(OCc2ccc(Cl)cn2)ccn1C1=Cc2ccc(CN3CCC[C@H](CO)C3)cc2CC1. The van der Waals surface area contributed by atoms with Crippen molar-refractivity contribution in [3.63, 3.8) is 0 Å². The Morgan fingerprint density at radius 2 is 2.06 bits per heavy atom. The average molecular weight is 492 g/mol. The number of hydrogen-bond acceptors (Lipinski definition) is 5. The number of piperidine rings is 1. The Morgan fingerprint density at radius 3 is 2.86 bits per heavy atom. The maximum absolute atomic E-state index is 12.8. The molecule has 6 nitrogen and oxygen atoms in total. The van der Waals surface area contributed by atoms with Crippen molar-refractivity contribution in [3.05, 3.63) is 92.6 Å². The molecule has 0 saturated carbocycles. The van der Waals surface area contributed by atoms with E-state index in [9.17, 15) is 9.90 Å². The van der Waals surface area contributed by atoms with Gasteiger partial charge in [-0.1, -0.05) is 29.8 Å². The van der Waals surface area contributed by atoms with E-state index in [0.29, 0.717) is 16.7 Å². The maximum Gasteiger partial charge on any atom is 0.258 e. The monoisotopic (exact) mass is 491 g/mol. The van der Waals surface area contributed by atoms with Crippen molar-refractivity contribution in [2.45, 2.75) is 38.8 Å². The summed E-state index contributed by atoms with van der Waals surface area (Å²) in [4.78, 5) is 19.5. The molecule has 1 N–H and O–H groups in total. The van der Waals surface area contributed by atoms with Crippen LogP contribution < -0.4 is 10.3 Å². The molecule has 182 valence electrons. The third kappa shape index (κ3) is 5.84. The molecular weight excluding hydrogens is 462 g/mol. The van der Waals surface area contributed by atoms with Crippen molar-refractivity contribution >= 4 is 23.4 Å². The molecule has 0 unspecified atom stereocenters. The first-order valence-electron chi connectivity index (χ1n) is 12.2. The zero-order valence-electron chi connectivity index (χ0n) is 19.7. The minimum atomic E-state index is -0.110. The summed E-state index contributed by atoms with van der Waals surface area (Å²) in [7, 11) is 0. The van der Waals surface area contributed by atoms with E-state index in [4.69, 9.17) is 16.3 Å². The van der Waals surface area contributed by atoms with Crippen LogP contribution in [-0.4, -0.2) is 39.3 Å². The molecule has 1 atom stereocenters. The third-order valence-corrected chi connectivity index (χ3v) is 7.05. The van der Waals surface area contributed by atoms with E-state index >= 15 is 0 Å². The minimum absolute atomic E-state index is 0.110. The van der Waals surface area contributed by atoms with Crippen LogP contribution in [0.15, 0.2) is 59.7 Å². The van der Waals surface area contributed by atoms with Gasteiger partial charge in [-0.05, 0) is 79.1 Å². The van der Waals surface area contributed by atoms with Gasteiger partial charge >= 0.3 is 0 Å². The third-order valence-electron chi connectivity index (χ3n) is 6.82. The van der Waals surface area contributed by atoms with Crippen LogP contribution in [0.3, 0.4) is 0 Å². The molecule has 7 heteroatoms. The molecule has 0 spiro atoms. The summed E-state index contributed by atoms with van der Waals surface area (Å²) >= 11 is 5.87. The van der Waals surface area contributed by atoms with Gasteiger partial charge in [0.2, 0.25) is 0 Å². The average Bonchev–Trinajstić information content (AvgIpc) is 2.88. The molecule has 1 aliphatic heterocycles. The predicted octanol–water partition coefficient (Wildman–Crippen LogP) is 4.62. The number of rotatable bonds is 7. The normalized spacial score (nSPS) is 18.1. The van der Waals surface area contributed by atoms with Gasteiger partial charge in [0.15, 0.2) is 0 Å². The van der Waals surface area contributed by atoms with Crippen molar-refractivity contribution in [2.24, 2.45) is 5.92 Å². The fourth-order valence-electron chi connectivity index (χ4n) is 4.96. The van der Waals surface area contributed by atoms with Gasteiger partial charge in [0.1, 0.15) is 12.4 Å². The smallest absolute Gasteiger partial charge is 0.258 e. The first-order valence-corrected chi connectivity index (χ1v) is 12.6. The van der Waals surface area contributed by atoms with Crippen molar-refractivity contribution in [3.8, 4) is 5.75 Å². The van der Waals surface area contributed by atoms with Crippen molar-refractivity contribution in [2.75, 3.05) is 19.7 Å². The second-order valence-electron chi connectivity index (χ2n) is 9.42. The van der Waals surface area contributed by atoms with E-state index < -0.39 is 0 Å². The lowest BCUT2D eigenvalue weighted by molar-refractivity contribution is 0.116. The quantitative estimate of drug-likeness (QED) is 0.522. The van der Waals surface area contributed by atoms with E-state index in [2.05, 4.69) is 34.2 Å². The number of pyridine rings is 2. The molecule has 0 amide bonds. The van der Waals surface area contributed by atoms with Gasteiger partial charge < -0.3 is 9.84 Å². The summed E-state index contributed by atoms with van der Waals surface area (Å²) in [5.74, 6) is 0.918. The van der Waals surface area contributed by atoms with Gasteiger partial charge in [-0.25, -0.2) is 0 Å². The Bertz CT molecular complexity index is 1270. The molecule has 1 saturated heterocycles. The van der Waals surface area contributed by atoms with Gasteiger partial charge in [-0.3, -0.25) is 19.2 Å². The lowest BCUT2D eigenvalue weighted by Gasteiger charge is -2.32. The molecule has 3 heterocycles. The zero-order valence-corrected chi connectivity index (χ0v) is 20.5. The van der Waals surface area contributed by atoms with Gasteiger partial charge in [0, 0.05) is 43.9 Å². The van der Waals surface area contributed by atoms with Crippen LogP contribution in [0, 0.1) is 5.92 Å². The second kappa shape index (κ2) is 10.8. The first-order chi connectivity index (χ1) is 17.1. The first kappa shape index (κ1) is 23.8. The molecular formula is C28H30ClN3O3. The highest BCUT2D eigenvalue weighted by Crippen LogP contribution is 2.28. The van der Waals surface area contributed by atoms with Gasteiger partial charge in [0.25, 0.3) is 5.56 Å². The Balaban J connectivity index is 1.26. The van der Waals surface area contributed by atoms with Crippen LogP contribution in [0.1, 0.15) is 41.6 Å². The fourth-order valence-corrected chi connectivity index (χ4v) is 5.07. The zero-order chi connectivity index (χ0) is 24.2.